The fourth-order valence-corrected chi connectivity index (χ4v) is 5.32. The number of ether oxygens (including phenoxy) is 4. The van der Waals surface area contributed by atoms with Crippen LogP contribution in [-0.2, 0) is 18.9 Å². The normalized spacial score (nSPS) is 13.0. The van der Waals surface area contributed by atoms with Crippen LogP contribution in [0.4, 0.5) is 0 Å². The molecule has 0 aliphatic rings. The average Bonchev–Trinajstić information content (AvgIpc) is 3.07. The standard InChI is InChI=1S/C42H78O4/c1-4-6-8-10-12-14-16-18-20-22-24-26-28-30-32-34-37-44-40-42(36-39-45-41-43-3)46-38-35-33-31-29-27-25-23-21-19-17-15-13-11-9-7-5-2/h12-15,18-21,42H,4-11,16-17,22-41H2,1-3H3/b14-12-,15-13-,20-18-,21-19-/t42-/m0/s1. The van der Waals surface area contributed by atoms with Crippen molar-refractivity contribution in [2.45, 2.75) is 180 Å². The SMILES string of the molecule is CCCCC/C=C\C/C=C\CCCCCCCCOC[C@H](CCOCOC)OCCCCCCCC/C=C\C/C=C\CCCCC. The second-order valence-electron chi connectivity index (χ2n) is 12.8. The Morgan fingerprint density at radius 3 is 1.35 bits per heavy atom. The first-order chi connectivity index (χ1) is 22.8. The van der Waals surface area contributed by atoms with Crippen molar-refractivity contribution in [2.75, 3.05) is 40.3 Å². The van der Waals surface area contributed by atoms with E-state index in [1.165, 1.54) is 128 Å². The van der Waals surface area contributed by atoms with Gasteiger partial charge in [0, 0.05) is 20.3 Å². The van der Waals surface area contributed by atoms with Crippen LogP contribution < -0.4 is 0 Å². The van der Waals surface area contributed by atoms with Crippen LogP contribution in [0.1, 0.15) is 174 Å². The third-order valence-electron chi connectivity index (χ3n) is 8.28. The van der Waals surface area contributed by atoms with Gasteiger partial charge in [0.15, 0.2) is 0 Å². The van der Waals surface area contributed by atoms with Crippen molar-refractivity contribution < 1.29 is 18.9 Å². The van der Waals surface area contributed by atoms with E-state index in [9.17, 15) is 0 Å². The number of hydrogen-bond donors (Lipinski definition) is 0. The highest BCUT2D eigenvalue weighted by Gasteiger charge is 2.10. The third kappa shape index (κ3) is 39.0. The van der Waals surface area contributed by atoms with E-state index < -0.39 is 0 Å². The molecule has 0 fully saturated rings. The Balaban J connectivity index is 3.71. The molecular weight excluding hydrogens is 568 g/mol. The Kier molecular flexibility index (Phi) is 40.7. The van der Waals surface area contributed by atoms with Crippen LogP contribution in [0, 0.1) is 0 Å². The minimum Gasteiger partial charge on any atom is -0.379 e. The number of hydrogen-bond acceptors (Lipinski definition) is 4. The highest BCUT2D eigenvalue weighted by atomic mass is 16.7. The first-order valence-electron chi connectivity index (χ1n) is 19.7. The van der Waals surface area contributed by atoms with E-state index >= 15 is 0 Å². The maximum Gasteiger partial charge on any atom is 0.146 e. The molecule has 0 spiro atoms. The Bertz CT molecular complexity index is 669. The molecule has 0 N–H and O–H groups in total. The van der Waals surface area contributed by atoms with Crippen molar-refractivity contribution >= 4 is 0 Å². The number of methoxy groups -OCH3 is 1. The van der Waals surface area contributed by atoms with Crippen LogP contribution in [0.25, 0.3) is 0 Å². The van der Waals surface area contributed by atoms with Crippen LogP contribution in [0.2, 0.25) is 0 Å². The van der Waals surface area contributed by atoms with Crippen LogP contribution in [0.5, 0.6) is 0 Å². The highest BCUT2D eigenvalue weighted by Crippen LogP contribution is 2.11. The lowest BCUT2D eigenvalue weighted by atomic mass is 10.1. The van der Waals surface area contributed by atoms with E-state index in [1.54, 1.807) is 7.11 Å². The summed E-state index contributed by atoms with van der Waals surface area (Å²) >= 11 is 0. The molecule has 0 radical (unpaired) electrons. The summed E-state index contributed by atoms with van der Waals surface area (Å²) in [4.78, 5) is 0. The summed E-state index contributed by atoms with van der Waals surface area (Å²) in [6.45, 7) is 7.83. The molecule has 0 aromatic rings. The topological polar surface area (TPSA) is 36.9 Å². The van der Waals surface area contributed by atoms with E-state index in [1.807, 2.05) is 0 Å². The van der Waals surface area contributed by atoms with Crippen molar-refractivity contribution in [2.24, 2.45) is 0 Å². The van der Waals surface area contributed by atoms with Crippen LogP contribution >= 0.6 is 0 Å². The Labute approximate surface area is 287 Å². The molecule has 46 heavy (non-hydrogen) atoms. The molecule has 0 aromatic carbocycles. The molecule has 0 saturated carbocycles. The maximum atomic E-state index is 6.20. The lowest BCUT2D eigenvalue weighted by Crippen LogP contribution is -2.23. The molecule has 4 heteroatoms. The van der Waals surface area contributed by atoms with Gasteiger partial charge in [-0.15, -0.1) is 0 Å². The molecule has 1 atom stereocenters. The summed E-state index contributed by atoms with van der Waals surface area (Å²) in [5.74, 6) is 0. The smallest absolute Gasteiger partial charge is 0.146 e. The second-order valence-corrected chi connectivity index (χ2v) is 12.8. The summed E-state index contributed by atoms with van der Waals surface area (Å²) in [5.41, 5.74) is 0. The summed E-state index contributed by atoms with van der Waals surface area (Å²) in [6, 6.07) is 0. The van der Waals surface area contributed by atoms with Gasteiger partial charge in [0.05, 0.1) is 19.3 Å². The molecule has 0 rings (SSSR count). The Hall–Kier alpha value is -1.20. The molecule has 4 nitrogen and oxygen atoms in total. The summed E-state index contributed by atoms with van der Waals surface area (Å²) in [7, 11) is 1.66. The molecular formula is C42H78O4. The largest absolute Gasteiger partial charge is 0.379 e. The van der Waals surface area contributed by atoms with Gasteiger partial charge < -0.3 is 18.9 Å². The third-order valence-corrected chi connectivity index (χ3v) is 8.28. The van der Waals surface area contributed by atoms with Crippen LogP contribution in [-0.4, -0.2) is 46.4 Å². The molecule has 0 aromatic heterocycles. The molecule has 0 heterocycles. The average molecular weight is 647 g/mol. The first kappa shape index (κ1) is 44.8. The molecule has 0 bridgehead atoms. The minimum atomic E-state index is 0.111. The zero-order valence-electron chi connectivity index (χ0n) is 31.0. The van der Waals surface area contributed by atoms with Gasteiger partial charge in [-0.05, 0) is 83.5 Å². The molecule has 0 aliphatic carbocycles. The second kappa shape index (κ2) is 41.8. The quantitative estimate of drug-likeness (QED) is 0.0380. The highest BCUT2D eigenvalue weighted by molar-refractivity contribution is 4.93. The van der Waals surface area contributed by atoms with Gasteiger partial charge in [-0.1, -0.05) is 140 Å². The maximum absolute atomic E-state index is 6.20. The van der Waals surface area contributed by atoms with Crippen molar-refractivity contribution in [3.63, 3.8) is 0 Å². The van der Waals surface area contributed by atoms with Crippen molar-refractivity contribution in [1.29, 1.82) is 0 Å². The van der Waals surface area contributed by atoms with E-state index in [2.05, 4.69) is 62.5 Å². The van der Waals surface area contributed by atoms with Gasteiger partial charge in [0.2, 0.25) is 0 Å². The molecule has 270 valence electrons. The summed E-state index contributed by atoms with van der Waals surface area (Å²) in [5, 5.41) is 0. The molecule has 0 unspecified atom stereocenters. The fraction of sp³-hybridized carbons (Fsp3) is 0.810. The fourth-order valence-electron chi connectivity index (χ4n) is 5.32. The predicted molar refractivity (Wildman–Crippen MR) is 202 cm³/mol. The lowest BCUT2D eigenvalue weighted by Gasteiger charge is -2.18. The number of rotatable bonds is 38. The van der Waals surface area contributed by atoms with Gasteiger partial charge >= 0.3 is 0 Å². The van der Waals surface area contributed by atoms with Gasteiger partial charge in [0.1, 0.15) is 6.79 Å². The predicted octanol–water partition coefficient (Wildman–Crippen LogP) is 13.0. The van der Waals surface area contributed by atoms with E-state index in [0.29, 0.717) is 20.0 Å². The minimum absolute atomic E-state index is 0.111. The van der Waals surface area contributed by atoms with Gasteiger partial charge in [-0.3, -0.25) is 0 Å². The van der Waals surface area contributed by atoms with Gasteiger partial charge in [-0.2, -0.15) is 0 Å². The van der Waals surface area contributed by atoms with Gasteiger partial charge in [0.25, 0.3) is 0 Å². The Morgan fingerprint density at radius 2 is 0.870 bits per heavy atom. The molecule has 0 aliphatic heterocycles. The number of allylic oxidation sites excluding steroid dienone is 8. The Morgan fingerprint density at radius 1 is 0.435 bits per heavy atom. The molecule has 0 amide bonds. The van der Waals surface area contributed by atoms with Crippen LogP contribution in [0.3, 0.4) is 0 Å². The zero-order valence-corrected chi connectivity index (χ0v) is 31.0. The van der Waals surface area contributed by atoms with Crippen molar-refractivity contribution in [3.05, 3.63) is 48.6 Å². The summed E-state index contributed by atoms with van der Waals surface area (Å²) < 4.78 is 22.8. The monoisotopic (exact) mass is 647 g/mol. The zero-order chi connectivity index (χ0) is 33.3. The van der Waals surface area contributed by atoms with E-state index in [0.717, 1.165) is 45.3 Å². The van der Waals surface area contributed by atoms with E-state index in [4.69, 9.17) is 18.9 Å². The van der Waals surface area contributed by atoms with Gasteiger partial charge in [-0.25, -0.2) is 0 Å². The summed E-state index contributed by atoms with van der Waals surface area (Å²) in [6.07, 6.45) is 50.1. The van der Waals surface area contributed by atoms with Crippen molar-refractivity contribution in [3.8, 4) is 0 Å². The lowest BCUT2D eigenvalue weighted by molar-refractivity contribution is -0.0642. The number of unbranched alkanes of at least 4 members (excludes halogenated alkanes) is 18. The van der Waals surface area contributed by atoms with Crippen molar-refractivity contribution in [1.82, 2.24) is 0 Å². The first-order valence-corrected chi connectivity index (χ1v) is 19.7. The van der Waals surface area contributed by atoms with Crippen LogP contribution in [0.15, 0.2) is 48.6 Å². The van der Waals surface area contributed by atoms with E-state index in [-0.39, 0.29) is 6.10 Å². The molecule has 0 saturated heterocycles.